The summed E-state index contributed by atoms with van der Waals surface area (Å²) in [5.41, 5.74) is 3.48. The maximum absolute atomic E-state index is 11.2. The number of aromatic nitrogens is 2. The highest BCUT2D eigenvalue weighted by Crippen LogP contribution is 2.41. The molecule has 2 aliphatic rings. The van der Waals surface area contributed by atoms with Crippen LogP contribution in [0.4, 0.5) is 11.5 Å². The number of nitrogens with zero attached hydrogens (tertiary/aromatic N) is 4. The van der Waals surface area contributed by atoms with Crippen LogP contribution in [0.5, 0.6) is 0 Å². The normalized spacial score (nSPS) is 26.7. The first-order valence-corrected chi connectivity index (χ1v) is 11.1. The molecular weight excluding hydrogens is 392 g/mol. The summed E-state index contributed by atoms with van der Waals surface area (Å²) in [7, 11) is 2.12. The molecule has 0 saturated carbocycles. The van der Waals surface area contributed by atoms with Crippen LogP contribution in [0, 0.1) is 0 Å². The lowest BCUT2D eigenvalue weighted by molar-refractivity contribution is -0.658. The highest BCUT2D eigenvalue weighted by molar-refractivity contribution is 5.85. The largest absolute Gasteiger partial charge is 0.380 e. The van der Waals surface area contributed by atoms with Gasteiger partial charge in [0.25, 0.3) is 0 Å². The Morgan fingerprint density at radius 1 is 0.839 bits per heavy atom. The molecule has 3 unspecified atom stereocenters. The molecular formula is C24H34N4O3+2. The second-order valence-corrected chi connectivity index (χ2v) is 8.94. The average Bonchev–Trinajstić information content (AvgIpc) is 2.75. The summed E-state index contributed by atoms with van der Waals surface area (Å²) in [4.78, 5) is 16.2. The summed E-state index contributed by atoms with van der Waals surface area (Å²) in [6.45, 7) is 11.8. The SMILES string of the molecule is CC1COCC(C)N1c1c(-c2cc[n+](C=O)cc2)cc[n+](C)c1N1C(C)COC[C@H]1C. The molecule has 0 N–H and O–H groups in total. The van der Waals surface area contributed by atoms with Gasteiger partial charge in [-0.2, -0.15) is 0 Å². The zero-order valence-corrected chi connectivity index (χ0v) is 19.2. The van der Waals surface area contributed by atoms with Gasteiger partial charge in [0.15, 0.2) is 12.4 Å². The maximum Gasteiger partial charge on any atom is 0.380 e. The summed E-state index contributed by atoms with van der Waals surface area (Å²) in [5, 5.41) is 0. The minimum atomic E-state index is 0.249. The molecule has 2 fully saturated rings. The third-order valence-corrected chi connectivity index (χ3v) is 6.39. The van der Waals surface area contributed by atoms with Crippen molar-refractivity contribution >= 4 is 17.9 Å². The van der Waals surface area contributed by atoms with Gasteiger partial charge in [-0.05, 0) is 39.3 Å². The molecule has 7 nitrogen and oxygen atoms in total. The van der Waals surface area contributed by atoms with Gasteiger partial charge in [-0.3, -0.25) is 4.90 Å². The molecule has 2 aromatic rings. The zero-order chi connectivity index (χ0) is 22.1. The third-order valence-electron chi connectivity index (χ3n) is 6.39. The minimum Gasteiger partial charge on any atom is -0.377 e. The van der Waals surface area contributed by atoms with Gasteiger partial charge in [-0.15, -0.1) is 4.57 Å². The summed E-state index contributed by atoms with van der Waals surface area (Å²) >= 11 is 0. The Kier molecular flexibility index (Phi) is 6.25. The van der Waals surface area contributed by atoms with Crippen molar-refractivity contribution in [1.29, 1.82) is 0 Å². The van der Waals surface area contributed by atoms with Gasteiger partial charge in [-0.25, -0.2) is 9.36 Å². The smallest absolute Gasteiger partial charge is 0.377 e. The Hall–Kier alpha value is -2.51. The van der Waals surface area contributed by atoms with Crippen LogP contribution < -0.4 is 18.9 Å². The summed E-state index contributed by atoms with van der Waals surface area (Å²) in [5.74, 6) is 1.20. The molecule has 4 rings (SSSR count). The fourth-order valence-corrected chi connectivity index (χ4v) is 4.97. The zero-order valence-electron chi connectivity index (χ0n) is 19.2. The molecule has 4 atom stereocenters. The predicted molar refractivity (Wildman–Crippen MR) is 120 cm³/mol. The fraction of sp³-hybridized carbons (Fsp3) is 0.542. The van der Waals surface area contributed by atoms with Crippen LogP contribution in [-0.2, 0) is 21.3 Å². The molecule has 166 valence electrons. The van der Waals surface area contributed by atoms with E-state index in [0.29, 0.717) is 26.4 Å². The van der Waals surface area contributed by atoms with Crippen molar-refractivity contribution < 1.29 is 23.4 Å². The molecule has 0 amide bonds. The van der Waals surface area contributed by atoms with Gasteiger partial charge < -0.3 is 14.4 Å². The van der Waals surface area contributed by atoms with Crippen molar-refractivity contribution in [3.8, 4) is 11.1 Å². The maximum atomic E-state index is 11.2. The molecule has 2 aliphatic heterocycles. The van der Waals surface area contributed by atoms with Crippen LogP contribution in [0.25, 0.3) is 11.1 Å². The molecule has 2 aromatic heterocycles. The van der Waals surface area contributed by atoms with Crippen molar-refractivity contribution in [2.75, 3.05) is 36.2 Å². The molecule has 31 heavy (non-hydrogen) atoms. The Morgan fingerprint density at radius 3 is 1.87 bits per heavy atom. The molecule has 0 spiro atoms. The highest BCUT2D eigenvalue weighted by Gasteiger charge is 2.41. The Morgan fingerprint density at radius 2 is 1.35 bits per heavy atom. The number of ether oxygens (including phenoxy) is 2. The second kappa shape index (κ2) is 8.93. The van der Waals surface area contributed by atoms with Crippen molar-refractivity contribution in [1.82, 2.24) is 0 Å². The quantitative estimate of drug-likeness (QED) is 0.551. The summed E-state index contributed by atoms with van der Waals surface area (Å²) < 4.78 is 15.5. The lowest BCUT2D eigenvalue weighted by atomic mass is 10.00. The van der Waals surface area contributed by atoms with Gasteiger partial charge in [0.05, 0.1) is 51.8 Å². The Bertz CT molecular complexity index is 913. The number of anilines is 2. The lowest BCUT2D eigenvalue weighted by Crippen LogP contribution is -2.57. The Balaban J connectivity index is 1.96. The highest BCUT2D eigenvalue weighted by atomic mass is 16.5. The van der Waals surface area contributed by atoms with Crippen molar-refractivity contribution in [2.45, 2.75) is 51.9 Å². The molecule has 0 radical (unpaired) electrons. The molecule has 2 saturated heterocycles. The van der Waals surface area contributed by atoms with Crippen molar-refractivity contribution in [3.05, 3.63) is 36.8 Å². The summed E-state index contributed by atoms with van der Waals surface area (Å²) in [6, 6.07) is 7.24. The molecule has 7 heteroatoms. The first-order chi connectivity index (χ1) is 14.9. The fourth-order valence-electron chi connectivity index (χ4n) is 4.97. The number of rotatable bonds is 4. The number of carbonyl (C=O) groups is 1. The van der Waals surface area contributed by atoms with Crippen LogP contribution in [0.15, 0.2) is 36.8 Å². The van der Waals surface area contributed by atoms with Gasteiger partial charge in [-0.1, -0.05) is 0 Å². The first-order valence-electron chi connectivity index (χ1n) is 11.1. The van der Waals surface area contributed by atoms with E-state index in [0.717, 1.165) is 17.5 Å². The molecule has 0 aliphatic carbocycles. The number of pyridine rings is 2. The lowest BCUT2D eigenvalue weighted by Gasteiger charge is -2.43. The van der Waals surface area contributed by atoms with Gasteiger partial charge >= 0.3 is 12.2 Å². The number of hydrogen-bond donors (Lipinski definition) is 0. The number of aryl methyl sites for hydroxylation is 1. The monoisotopic (exact) mass is 426 g/mol. The standard InChI is InChI=1S/C24H34N4O3/c1-17-12-30-13-18(2)27(17)23-22(21-6-10-26(16-29)11-7-21)8-9-25(5)24(23)28-19(3)14-31-15-20(28)4/h6-11,16-20H,12-15H2,1-5H3/q+2/t17?,18?,19-,20?/m1/s1. The van der Waals surface area contributed by atoms with Crippen LogP contribution in [-0.4, -0.2) is 57.0 Å². The molecule has 0 bridgehead atoms. The van der Waals surface area contributed by atoms with Crippen molar-refractivity contribution in [3.63, 3.8) is 0 Å². The van der Waals surface area contributed by atoms with Crippen molar-refractivity contribution in [2.24, 2.45) is 7.05 Å². The number of morpholine rings is 2. The number of hydrogen-bond acceptors (Lipinski definition) is 5. The average molecular weight is 427 g/mol. The van der Waals surface area contributed by atoms with Crippen LogP contribution in [0.1, 0.15) is 27.7 Å². The van der Waals surface area contributed by atoms with E-state index >= 15 is 0 Å². The van der Waals surface area contributed by atoms with Crippen LogP contribution in [0.2, 0.25) is 0 Å². The van der Waals surface area contributed by atoms with E-state index in [4.69, 9.17) is 9.47 Å². The van der Waals surface area contributed by atoms with Crippen LogP contribution in [0.3, 0.4) is 0 Å². The van der Waals surface area contributed by atoms with Gasteiger partial charge in [0.1, 0.15) is 17.8 Å². The number of carbonyl (C=O) groups excluding carboxylic acids is 1. The van der Waals surface area contributed by atoms with E-state index in [1.807, 2.05) is 24.5 Å². The minimum absolute atomic E-state index is 0.249. The topological polar surface area (TPSA) is 49.8 Å². The van der Waals surface area contributed by atoms with Gasteiger partial charge in [0, 0.05) is 17.7 Å². The Labute approximate surface area is 184 Å². The summed E-state index contributed by atoms with van der Waals surface area (Å²) in [6.07, 6.45) is 6.57. The van der Waals surface area contributed by atoms with E-state index in [1.165, 1.54) is 16.1 Å². The third kappa shape index (κ3) is 4.04. The van der Waals surface area contributed by atoms with E-state index in [2.05, 4.69) is 61.4 Å². The first kappa shape index (κ1) is 21.7. The van der Waals surface area contributed by atoms with E-state index in [-0.39, 0.29) is 24.2 Å². The predicted octanol–water partition coefficient (Wildman–Crippen LogP) is 1.73. The van der Waals surface area contributed by atoms with E-state index < -0.39 is 0 Å². The van der Waals surface area contributed by atoms with Crippen LogP contribution >= 0.6 is 0 Å². The van der Waals surface area contributed by atoms with E-state index in [9.17, 15) is 4.79 Å². The van der Waals surface area contributed by atoms with Gasteiger partial charge in [0.2, 0.25) is 0 Å². The van der Waals surface area contributed by atoms with E-state index in [1.54, 1.807) is 0 Å². The molecule has 0 aromatic carbocycles. The molecule has 4 heterocycles. The second-order valence-electron chi connectivity index (χ2n) is 8.94.